The summed E-state index contributed by atoms with van der Waals surface area (Å²) in [5.41, 5.74) is 20.2. The van der Waals surface area contributed by atoms with Gasteiger partial charge in [-0.05, 0) is 120 Å². The molecule has 8 bridgehead atoms. The van der Waals surface area contributed by atoms with Crippen molar-refractivity contribution in [3.8, 4) is 0 Å². The van der Waals surface area contributed by atoms with Crippen LogP contribution in [0.25, 0.3) is 44.4 Å². The number of aromatic nitrogens is 4. The van der Waals surface area contributed by atoms with Crippen LogP contribution in [0.5, 0.6) is 0 Å². The minimum absolute atomic E-state index is 0. The first-order chi connectivity index (χ1) is 19.5. The maximum Gasteiger partial charge on any atom is 2.00 e. The number of H-pyrrole nitrogens is 2. The number of rotatable bonds is 8. The van der Waals surface area contributed by atoms with Gasteiger partial charge in [-0.3, -0.25) is 0 Å². The van der Waals surface area contributed by atoms with Crippen LogP contribution in [0.4, 0.5) is 0 Å². The smallest absolute Gasteiger partial charge is 1.00 e. The number of aryl methyl sites for hydroxylation is 4. The predicted molar refractivity (Wildman–Crippen MR) is 173 cm³/mol. The molecule has 2 aliphatic rings. The quantitative estimate of drug-likeness (QED) is 0.359. The van der Waals surface area contributed by atoms with Crippen LogP contribution in [0.3, 0.4) is 0 Å². The van der Waals surface area contributed by atoms with Gasteiger partial charge in [-0.1, -0.05) is 55.4 Å². The monoisotopic (exact) mass is 659 g/mol. The van der Waals surface area contributed by atoms with Gasteiger partial charge in [-0.25, -0.2) is 9.97 Å². The van der Waals surface area contributed by atoms with Crippen LogP contribution in [0.1, 0.15) is 126 Å². The van der Waals surface area contributed by atoms with Gasteiger partial charge in [0.05, 0.1) is 22.8 Å². The van der Waals surface area contributed by atoms with E-state index in [4.69, 9.17) is 9.97 Å². The SMILES string of the molecule is CCC1=C(CC)c2cc3[nH]c(cc4nc(cc5[nH]c(cc1n2)c(CC)c5CC)C(CC)=C4CC)c(CC)c3CC.[Cl-].[Cl-].[Mn+2]. The fourth-order valence-corrected chi connectivity index (χ4v) is 7.10. The standard InChI is InChI=1S/C36H46N4.2ClH.Mn/c1-9-21-22(10-2)30-18-32-25(13-5)26(14-6)34(39-32)20-36-28(16-8)27(15-7)35(40-36)19-33-24(12-4)23(11-3)31(38-33)17-29(21)37-30;;;/h17-20,37,40H,9-16H2,1-8H3;2*1H;/q;;;+2/p-2. The molecule has 0 aromatic carbocycles. The Hall–Kier alpha value is -2.30. The number of hydrogen-bond acceptors (Lipinski definition) is 2. The normalized spacial score (nSPS) is 12.7. The van der Waals surface area contributed by atoms with Gasteiger partial charge in [0.15, 0.2) is 0 Å². The number of hydrogen-bond donors (Lipinski definition) is 2. The Morgan fingerprint density at radius 3 is 0.767 bits per heavy atom. The molecule has 0 spiro atoms. The zero-order valence-electron chi connectivity index (χ0n) is 27.0. The van der Waals surface area contributed by atoms with Crippen molar-refractivity contribution >= 4 is 44.4 Å². The topological polar surface area (TPSA) is 57.4 Å². The molecule has 3 aromatic rings. The molecule has 5 rings (SSSR count). The van der Waals surface area contributed by atoms with Gasteiger partial charge < -0.3 is 34.8 Å². The van der Waals surface area contributed by atoms with E-state index in [9.17, 15) is 0 Å². The minimum atomic E-state index is 0. The second-order valence-corrected chi connectivity index (χ2v) is 10.9. The van der Waals surface area contributed by atoms with E-state index >= 15 is 0 Å². The second-order valence-electron chi connectivity index (χ2n) is 10.9. The van der Waals surface area contributed by atoms with Gasteiger partial charge in [0, 0.05) is 22.1 Å². The third-order valence-corrected chi connectivity index (χ3v) is 8.97. The zero-order chi connectivity index (χ0) is 28.6. The van der Waals surface area contributed by atoms with Crippen LogP contribution in [0.15, 0.2) is 24.3 Å². The van der Waals surface area contributed by atoms with Crippen LogP contribution < -0.4 is 24.8 Å². The minimum Gasteiger partial charge on any atom is -1.00 e. The summed E-state index contributed by atoms with van der Waals surface area (Å²) in [5.74, 6) is 0. The van der Waals surface area contributed by atoms with Gasteiger partial charge in [-0.15, -0.1) is 0 Å². The molecule has 4 nitrogen and oxygen atoms in total. The fourth-order valence-electron chi connectivity index (χ4n) is 7.10. The average molecular weight is 661 g/mol. The number of allylic oxidation sites excluding steroid dienone is 4. The number of nitrogens with one attached hydrogen (secondary N) is 2. The van der Waals surface area contributed by atoms with Crippen molar-refractivity contribution in [1.82, 2.24) is 19.9 Å². The largest absolute Gasteiger partial charge is 2.00 e. The molecular formula is C36H46Cl2MnN4. The Balaban J connectivity index is 0.00000215. The number of fused-ring (bicyclic) bond motifs is 8. The van der Waals surface area contributed by atoms with Crippen LogP contribution >= 0.6 is 0 Å². The molecule has 231 valence electrons. The Kier molecular flexibility index (Phi) is 13.4. The first kappa shape index (κ1) is 36.9. The van der Waals surface area contributed by atoms with E-state index in [1.807, 2.05) is 0 Å². The number of halogens is 2. The summed E-state index contributed by atoms with van der Waals surface area (Å²) in [7, 11) is 0. The molecule has 0 fully saturated rings. The molecule has 2 N–H and O–H groups in total. The molecule has 3 aromatic heterocycles. The molecule has 43 heavy (non-hydrogen) atoms. The van der Waals surface area contributed by atoms with Crippen molar-refractivity contribution in [1.29, 1.82) is 0 Å². The second kappa shape index (κ2) is 15.6. The van der Waals surface area contributed by atoms with Crippen molar-refractivity contribution in [3.63, 3.8) is 0 Å². The van der Waals surface area contributed by atoms with E-state index in [0.717, 1.165) is 74.1 Å². The van der Waals surface area contributed by atoms with Crippen molar-refractivity contribution in [2.75, 3.05) is 0 Å². The molecule has 7 heteroatoms. The summed E-state index contributed by atoms with van der Waals surface area (Å²) >= 11 is 0. The van der Waals surface area contributed by atoms with Crippen LogP contribution in [-0.2, 0) is 42.8 Å². The van der Waals surface area contributed by atoms with E-state index in [2.05, 4.69) is 89.6 Å². The van der Waals surface area contributed by atoms with Gasteiger partial charge >= 0.3 is 17.1 Å². The Morgan fingerprint density at radius 2 is 0.605 bits per heavy atom. The molecule has 0 saturated heterocycles. The maximum absolute atomic E-state index is 5.29. The van der Waals surface area contributed by atoms with Crippen molar-refractivity contribution in [3.05, 3.63) is 69.3 Å². The molecular weight excluding hydrogens is 614 g/mol. The molecule has 5 heterocycles. The Bertz CT molecular complexity index is 1450. The number of nitrogens with zero attached hydrogens (tertiary/aromatic N) is 2. The zero-order valence-corrected chi connectivity index (χ0v) is 29.7. The summed E-state index contributed by atoms with van der Waals surface area (Å²) < 4.78 is 0. The van der Waals surface area contributed by atoms with Crippen molar-refractivity contribution < 1.29 is 41.9 Å². The molecule has 0 saturated carbocycles. The van der Waals surface area contributed by atoms with Gasteiger partial charge in [-0.2, -0.15) is 0 Å². The maximum atomic E-state index is 5.29. The molecule has 0 aliphatic carbocycles. The third kappa shape index (κ3) is 6.43. The third-order valence-electron chi connectivity index (χ3n) is 8.97. The van der Waals surface area contributed by atoms with E-state index < -0.39 is 0 Å². The van der Waals surface area contributed by atoms with Crippen LogP contribution in [0, 0.1) is 0 Å². The first-order valence-corrected chi connectivity index (χ1v) is 15.7. The van der Waals surface area contributed by atoms with Crippen molar-refractivity contribution in [2.45, 2.75) is 107 Å². The molecule has 0 amide bonds. The van der Waals surface area contributed by atoms with Crippen molar-refractivity contribution in [2.24, 2.45) is 0 Å². The summed E-state index contributed by atoms with van der Waals surface area (Å²) in [6.45, 7) is 18.1. The summed E-state index contributed by atoms with van der Waals surface area (Å²) in [6, 6.07) is 9.24. The summed E-state index contributed by atoms with van der Waals surface area (Å²) in [4.78, 5) is 18.2. The van der Waals surface area contributed by atoms with E-state index in [1.165, 1.54) is 66.6 Å². The van der Waals surface area contributed by atoms with E-state index in [1.54, 1.807) is 0 Å². The molecule has 0 unspecified atom stereocenters. The first-order valence-electron chi connectivity index (χ1n) is 15.7. The Labute approximate surface area is 281 Å². The number of aromatic amines is 2. The van der Waals surface area contributed by atoms with E-state index in [0.29, 0.717) is 0 Å². The molecule has 1 radical (unpaired) electrons. The molecule has 0 atom stereocenters. The van der Waals surface area contributed by atoms with Gasteiger partial charge in [0.25, 0.3) is 0 Å². The fraction of sp³-hybridized carbons (Fsp3) is 0.444. The average Bonchev–Trinajstić information content (AvgIpc) is 3.67. The van der Waals surface area contributed by atoms with Crippen LogP contribution in [-0.4, -0.2) is 19.9 Å². The predicted octanol–water partition coefficient (Wildman–Crippen LogP) is 4.03. The van der Waals surface area contributed by atoms with Gasteiger partial charge in [0.2, 0.25) is 0 Å². The summed E-state index contributed by atoms with van der Waals surface area (Å²) in [6.07, 6.45) is 7.84. The Morgan fingerprint density at radius 1 is 0.395 bits per heavy atom. The summed E-state index contributed by atoms with van der Waals surface area (Å²) in [5, 5.41) is 0. The van der Waals surface area contributed by atoms with E-state index in [-0.39, 0.29) is 41.9 Å². The van der Waals surface area contributed by atoms with Crippen LogP contribution in [0.2, 0.25) is 0 Å². The van der Waals surface area contributed by atoms with Gasteiger partial charge in [0.1, 0.15) is 0 Å². The molecule has 2 aliphatic heterocycles.